The summed E-state index contributed by atoms with van der Waals surface area (Å²) < 4.78 is 5.90. The number of likely N-dealkylation sites (tertiary alicyclic amines) is 1. The number of carbonyl (C=O) groups is 1. The lowest BCUT2D eigenvalue weighted by atomic mass is 9.89. The average Bonchev–Trinajstić information content (AvgIpc) is 3.05. The fourth-order valence-electron chi connectivity index (χ4n) is 3.72. The summed E-state index contributed by atoms with van der Waals surface area (Å²) in [6, 6.07) is 14.2. The van der Waals surface area contributed by atoms with Crippen LogP contribution in [0.25, 0.3) is 21.7 Å². The Hall–Kier alpha value is -2.33. The highest BCUT2D eigenvalue weighted by atomic mass is 16.3. The van der Waals surface area contributed by atoms with E-state index in [-0.39, 0.29) is 12.3 Å². The lowest BCUT2D eigenvalue weighted by Crippen LogP contribution is -2.46. The Kier molecular flexibility index (Phi) is 4.00. The van der Waals surface area contributed by atoms with Gasteiger partial charge in [0.1, 0.15) is 11.3 Å². The van der Waals surface area contributed by atoms with Crippen LogP contribution in [-0.2, 0) is 11.2 Å². The summed E-state index contributed by atoms with van der Waals surface area (Å²) in [5.41, 5.74) is 0.218. The van der Waals surface area contributed by atoms with Gasteiger partial charge in [-0.3, -0.25) is 4.79 Å². The van der Waals surface area contributed by atoms with Gasteiger partial charge >= 0.3 is 0 Å². The van der Waals surface area contributed by atoms with Crippen molar-refractivity contribution >= 4 is 27.6 Å². The lowest BCUT2D eigenvalue weighted by Gasteiger charge is -2.37. The van der Waals surface area contributed by atoms with Crippen LogP contribution in [-0.4, -0.2) is 34.6 Å². The summed E-state index contributed by atoms with van der Waals surface area (Å²) in [4.78, 5) is 14.4. The lowest BCUT2D eigenvalue weighted by molar-refractivity contribution is -0.135. The molecule has 1 fully saturated rings. The Morgan fingerprint density at radius 2 is 1.92 bits per heavy atom. The Morgan fingerprint density at radius 3 is 2.68 bits per heavy atom. The number of hydrogen-bond donors (Lipinski definition) is 1. The van der Waals surface area contributed by atoms with Crippen molar-refractivity contribution in [2.24, 2.45) is 0 Å². The highest BCUT2D eigenvalue weighted by Crippen LogP contribution is 2.29. The third-order valence-corrected chi connectivity index (χ3v) is 5.51. The number of aliphatic hydroxyl groups is 1. The van der Waals surface area contributed by atoms with Crippen LogP contribution in [0.3, 0.4) is 0 Å². The van der Waals surface area contributed by atoms with E-state index in [0.717, 1.165) is 22.8 Å². The number of benzene rings is 2. The van der Waals surface area contributed by atoms with E-state index in [1.807, 2.05) is 42.2 Å². The molecule has 1 N–H and O–H groups in total. The molecule has 1 aliphatic heterocycles. The fraction of sp³-hybridized carbons (Fsp3) is 0.381. The molecule has 0 bridgehead atoms. The molecule has 3 aromatic rings. The third-order valence-electron chi connectivity index (χ3n) is 5.51. The van der Waals surface area contributed by atoms with Gasteiger partial charge in [-0.1, -0.05) is 37.3 Å². The molecule has 1 amide bonds. The van der Waals surface area contributed by atoms with Crippen LogP contribution in [0.5, 0.6) is 0 Å². The van der Waals surface area contributed by atoms with Gasteiger partial charge < -0.3 is 14.4 Å². The molecule has 0 aliphatic carbocycles. The van der Waals surface area contributed by atoms with Gasteiger partial charge in [0.2, 0.25) is 5.91 Å². The Labute approximate surface area is 147 Å². The van der Waals surface area contributed by atoms with Crippen molar-refractivity contribution in [2.75, 3.05) is 13.1 Å². The van der Waals surface area contributed by atoms with Gasteiger partial charge in [-0.25, -0.2) is 0 Å². The quantitative estimate of drug-likeness (QED) is 0.789. The first-order valence-corrected chi connectivity index (χ1v) is 8.98. The molecule has 0 unspecified atom stereocenters. The topological polar surface area (TPSA) is 53.7 Å². The highest BCUT2D eigenvalue weighted by molar-refractivity contribution is 6.06. The van der Waals surface area contributed by atoms with Crippen LogP contribution in [0.2, 0.25) is 0 Å². The van der Waals surface area contributed by atoms with Crippen molar-refractivity contribution in [3.05, 3.63) is 48.2 Å². The van der Waals surface area contributed by atoms with Crippen molar-refractivity contribution in [3.63, 3.8) is 0 Å². The molecule has 130 valence electrons. The van der Waals surface area contributed by atoms with Gasteiger partial charge in [0.25, 0.3) is 0 Å². The third kappa shape index (κ3) is 3.02. The second kappa shape index (κ2) is 6.19. The van der Waals surface area contributed by atoms with Crippen molar-refractivity contribution < 1.29 is 14.3 Å². The van der Waals surface area contributed by atoms with Crippen molar-refractivity contribution in [3.8, 4) is 0 Å². The molecule has 4 rings (SSSR count). The second-order valence-corrected chi connectivity index (χ2v) is 7.05. The predicted molar refractivity (Wildman–Crippen MR) is 98.5 cm³/mol. The standard InChI is InChI=1S/C21H23NO3/c1-2-21(24)9-11-22(12-10-21)20(23)14-16-13-18-17-6-4-3-5-15(17)7-8-19(18)25-16/h3-8,13,24H,2,9-12,14H2,1H3. The van der Waals surface area contributed by atoms with E-state index in [2.05, 4.69) is 12.1 Å². The van der Waals surface area contributed by atoms with Gasteiger partial charge in [0.15, 0.2) is 0 Å². The van der Waals surface area contributed by atoms with Crippen LogP contribution in [0, 0.1) is 0 Å². The van der Waals surface area contributed by atoms with Gasteiger partial charge in [-0.15, -0.1) is 0 Å². The Morgan fingerprint density at radius 1 is 1.16 bits per heavy atom. The number of amides is 1. The Balaban J connectivity index is 1.53. The molecule has 2 heterocycles. The minimum absolute atomic E-state index is 0.0708. The zero-order chi connectivity index (χ0) is 17.4. The zero-order valence-corrected chi connectivity index (χ0v) is 14.5. The number of fused-ring (bicyclic) bond motifs is 3. The van der Waals surface area contributed by atoms with Crippen molar-refractivity contribution in [1.82, 2.24) is 4.90 Å². The molecule has 0 spiro atoms. The zero-order valence-electron chi connectivity index (χ0n) is 14.5. The molecule has 2 aromatic carbocycles. The molecule has 1 saturated heterocycles. The molecule has 4 nitrogen and oxygen atoms in total. The van der Waals surface area contributed by atoms with Gasteiger partial charge in [-0.05, 0) is 42.2 Å². The summed E-state index contributed by atoms with van der Waals surface area (Å²) in [5.74, 6) is 0.772. The summed E-state index contributed by atoms with van der Waals surface area (Å²) in [5, 5.41) is 13.7. The van der Waals surface area contributed by atoms with E-state index >= 15 is 0 Å². The number of rotatable bonds is 3. The number of furan rings is 1. The largest absolute Gasteiger partial charge is 0.461 e. The molecular weight excluding hydrogens is 314 g/mol. The molecular formula is C21H23NO3. The fourth-order valence-corrected chi connectivity index (χ4v) is 3.72. The molecule has 1 aliphatic rings. The maximum atomic E-state index is 12.6. The Bertz CT molecular complexity index is 919. The first kappa shape index (κ1) is 16.2. The van der Waals surface area contributed by atoms with Crippen LogP contribution >= 0.6 is 0 Å². The molecule has 1 aromatic heterocycles. The number of piperidine rings is 1. The molecule has 4 heteroatoms. The molecule has 0 radical (unpaired) electrons. The maximum absolute atomic E-state index is 12.6. The summed E-state index contributed by atoms with van der Waals surface area (Å²) in [6.07, 6.45) is 2.32. The number of nitrogens with zero attached hydrogens (tertiary/aromatic N) is 1. The van der Waals surface area contributed by atoms with Crippen LogP contribution < -0.4 is 0 Å². The van der Waals surface area contributed by atoms with Crippen LogP contribution in [0.4, 0.5) is 0 Å². The van der Waals surface area contributed by atoms with Gasteiger partial charge in [0.05, 0.1) is 12.0 Å². The van der Waals surface area contributed by atoms with E-state index in [0.29, 0.717) is 31.7 Å². The van der Waals surface area contributed by atoms with Crippen molar-refractivity contribution in [1.29, 1.82) is 0 Å². The van der Waals surface area contributed by atoms with E-state index in [4.69, 9.17) is 4.42 Å². The molecule has 0 atom stereocenters. The smallest absolute Gasteiger partial charge is 0.230 e. The first-order valence-electron chi connectivity index (χ1n) is 8.98. The summed E-state index contributed by atoms with van der Waals surface area (Å²) in [6.45, 7) is 3.23. The first-order chi connectivity index (χ1) is 12.1. The van der Waals surface area contributed by atoms with E-state index in [9.17, 15) is 9.90 Å². The predicted octanol–water partition coefficient (Wildman–Crippen LogP) is 3.89. The number of carbonyl (C=O) groups excluding carboxylic acids is 1. The second-order valence-electron chi connectivity index (χ2n) is 7.05. The summed E-state index contributed by atoms with van der Waals surface area (Å²) >= 11 is 0. The van der Waals surface area contributed by atoms with E-state index in [1.165, 1.54) is 5.39 Å². The minimum Gasteiger partial charge on any atom is -0.461 e. The summed E-state index contributed by atoms with van der Waals surface area (Å²) in [7, 11) is 0. The number of hydrogen-bond acceptors (Lipinski definition) is 3. The SMILES string of the molecule is CCC1(O)CCN(C(=O)Cc2cc3c(ccc4ccccc43)o2)CC1. The van der Waals surface area contributed by atoms with Crippen LogP contribution in [0.15, 0.2) is 46.9 Å². The monoisotopic (exact) mass is 337 g/mol. The maximum Gasteiger partial charge on any atom is 0.230 e. The van der Waals surface area contributed by atoms with Crippen LogP contribution in [0.1, 0.15) is 31.9 Å². The average molecular weight is 337 g/mol. The van der Waals surface area contributed by atoms with E-state index in [1.54, 1.807) is 0 Å². The van der Waals surface area contributed by atoms with Gasteiger partial charge in [-0.2, -0.15) is 0 Å². The van der Waals surface area contributed by atoms with Gasteiger partial charge in [0, 0.05) is 18.5 Å². The highest BCUT2D eigenvalue weighted by Gasteiger charge is 2.32. The minimum atomic E-state index is -0.602. The molecule has 25 heavy (non-hydrogen) atoms. The normalized spacial score (nSPS) is 17.3. The van der Waals surface area contributed by atoms with E-state index < -0.39 is 5.60 Å². The molecule has 0 saturated carbocycles. The van der Waals surface area contributed by atoms with Crippen molar-refractivity contribution in [2.45, 2.75) is 38.2 Å².